The number of aromatic nitrogens is 6. The van der Waals surface area contributed by atoms with Gasteiger partial charge < -0.3 is 9.26 Å². The normalized spacial score (nSPS) is 11.3. The van der Waals surface area contributed by atoms with Crippen LogP contribution < -0.4 is 4.74 Å². The monoisotopic (exact) mass is 358 g/mol. The van der Waals surface area contributed by atoms with Crippen molar-refractivity contribution < 1.29 is 9.26 Å². The lowest BCUT2D eigenvalue weighted by atomic mass is 10.2. The van der Waals surface area contributed by atoms with E-state index in [-0.39, 0.29) is 0 Å². The summed E-state index contributed by atoms with van der Waals surface area (Å²) in [4.78, 5) is 4.29. The van der Waals surface area contributed by atoms with E-state index >= 15 is 0 Å². The number of aryl methyl sites for hydroxylation is 1. The minimum atomic E-state index is 0.309. The third kappa shape index (κ3) is 2.58. The molecule has 0 fully saturated rings. The fourth-order valence-electron chi connectivity index (χ4n) is 2.93. The van der Waals surface area contributed by atoms with E-state index in [4.69, 9.17) is 9.26 Å². The summed E-state index contributed by atoms with van der Waals surface area (Å²) in [5.74, 6) is 0.982. The second-order valence-electron chi connectivity index (χ2n) is 6.07. The summed E-state index contributed by atoms with van der Waals surface area (Å²) < 4.78 is 12.7. The molecule has 8 nitrogen and oxygen atoms in total. The van der Waals surface area contributed by atoms with Crippen LogP contribution in [0.5, 0.6) is 5.88 Å². The van der Waals surface area contributed by atoms with Crippen molar-refractivity contribution >= 4 is 16.4 Å². The molecule has 8 heteroatoms. The molecule has 0 amide bonds. The summed E-state index contributed by atoms with van der Waals surface area (Å²) in [5.41, 5.74) is 2.91. The molecule has 0 saturated heterocycles. The van der Waals surface area contributed by atoms with E-state index in [0.717, 1.165) is 22.0 Å². The van der Waals surface area contributed by atoms with Crippen molar-refractivity contribution in [2.45, 2.75) is 13.5 Å². The molecule has 1 aromatic carbocycles. The fraction of sp³-hybridized carbons (Fsp3) is 0.105. The molecular weight excluding hydrogens is 344 g/mol. The largest absolute Gasteiger partial charge is 0.470 e. The molecule has 5 rings (SSSR count). The van der Waals surface area contributed by atoms with Crippen LogP contribution in [0.1, 0.15) is 11.3 Å². The van der Waals surface area contributed by atoms with Gasteiger partial charge in [-0.1, -0.05) is 29.4 Å². The molecule has 0 atom stereocenters. The van der Waals surface area contributed by atoms with Crippen molar-refractivity contribution in [3.8, 4) is 17.4 Å². The molecule has 0 saturated carbocycles. The summed E-state index contributed by atoms with van der Waals surface area (Å²) >= 11 is 0. The summed E-state index contributed by atoms with van der Waals surface area (Å²) in [6.07, 6.45) is 3.30. The first-order valence-corrected chi connectivity index (χ1v) is 8.39. The number of pyridine rings is 1. The molecule has 0 aliphatic rings. The number of ether oxygens (including phenoxy) is 1. The van der Waals surface area contributed by atoms with Crippen LogP contribution in [0.3, 0.4) is 0 Å². The van der Waals surface area contributed by atoms with Crippen LogP contribution in [0.25, 0.3) is 27.9 Å². The highest BCUT2D eigenvalue weighted by Crippen LogP contribution is 2.29. The first kappa shape index (κ1) is 15.4. The van der Waals surface area contributed by atoms with Gasteiger partial charge in [0, 0.05) is 22.5 Å². The SMILES string of the molecule is Cc1conc1-c1nnc2c3ccccc3c(OCc3ccccn3)nn12. The molecule has 132 valence electrons. The highest BCUT2D eigenvalue weighted by Gasteiger charge is 2.19. The quantitative estimate of drug-likeness (QED) is 0.487. The average Bonchev–Trinajstić information content (AvgIpc) is 3.32. The Bertz CT molecular complexity index is 1250. The van der Waals surface area contributed by atoms with E-state index in [9.17, 15) is 0 Å². The Kier molecular flexibility index (Phi) is 3.53. The molecule has 0 spiro atoms. The van der Waals surface area contributed by atoms with E-state index in [0.29, 0.717) is 29.7 Å². The zero-order chi connectivity index (χ0) is 18.2. The Labute approximate surface area is 153 Å². The van der Waals surface area contributed by atoms with Crippen LogP contribution >= 0.6 is 0 Å². The fourth-order valence-corrected chi connectivity index (χ4v) is 2.93. The van der Waals surface area contributed by atoms with Gasteiger partial charge in [-0.05, 0) is 25.1 Å². The second-order valence-corrected chi connectivity index (χ2v) is 6.07. The number of nitrogens with zero attached hydrogens (tertiary/aromatic N) is 6. The number of fused-ring (bicyclic) bond motifs is 3. The maximum Gasteiger partial charge on any atom is 0.240 e. The second kappa shape index (κ2) is 6.17. The molecule has 0 N–H and O–H groups in total. The van der Waals surface area contributed by atoms with Gasteiger partial charge in [0.2, 0.25) is 11.7 Å². The van der Waals surface area contributed by atoms with Gasteiger partial charge in [0.1, 0.15) is 12.9 Å². The van der Waals surface area contributed by atoms with Crippen LogP contribution in [-0.4, -0.2) is 30.0 Å². The van der Waals surface area contributed by atoms with Crippen LogP contribution in [0.15, 0.2) is 59.4 Å². The Morgan fingerprint density at radius 2 is 1.89 bits per heavy atom. The molecule has 0 unspecified atom stereocenters. The maximum atomic E-state index is 5.99. The summed E-state index contributed by atoms with van der Waals surface area (Å²) in [7, 11) is 0. The molecule has 4 aromatic heterocycles. The zero-order valence-electron chi connectivity index (χ0n) is 14.4. The predicted octanol–water partition coefficient (Wildman–Crippen LogP) is 3.21. The van der Waals surface area contributed by atoms with Crippen LogP contribution in [0, 0.1) is 6.92 Å². The first-order valence-electron chi connectivity index (χ1n) is 8.39. The summed E-state index contributed by atoms with van der Waals surface area (Å²) in [5, 5.41) is 19.0. The molecule has 0 aliphatic heterocycles. The van der Waals surface area contributed by atoms with Crippen molar-refractivity contribution in [3.05, 3.63) is 66.2 Å². The third-order valence-electron chi connectivity index (χ3n) is 4.27. The zero-order valence-corrected chi connectivity index (χ0v) is 14.4. The van der Waals surface area contributed by atoms with Crippen molar-refractivity contribution in [2.75, 3.05) is 0 Å². The minimum absolute atomic E-state index is 0.309. The molecule has 0 aliphatic carbocycles. The Balaban J connectivity index is 1.68. The highest BCUT2D eigenvalue weighted by atomic mass is 16.5. The number of hydrogen-bond acceptors (Lipinski definition) is 7. The van der Waals surface area contributed by atoms with Crippen molar-refractivity contribution in [1.82, 2.24) is 30.0 Å². The standard InChI is InChI=1S/C19H14N6O2/c1-12-10-27-24-16(12)18-22-21-17-14-7-2-3-8-15(14)19(23-25(17)18)26-11-13-6-4-5-9-20-13/h2-10H,11H2,1H3. The van der Waals surface area contributed by atoms with Crippen LogP contribution in [0.2, 0.25) is 0 Å². The third-order valence-corrected chi connectivity index (χ3v) is 4.27. The lowest BCUT2D eigenvalue weighted by molar-refractivity contribution is 0.289. The predicted molar refractivity (Wildman–Crippen MR) is 97.1 cm³/mol. The van der Waals surface area contributed by atoms with E-state index in [1.165, 1.54) is 0 Å². The van der Waals surface area contributed by atoms with E-state index < -0.39 is 0 Å². The maximum absolute atomic E-state index is 5.99. The van der Waals surface area contributed by atoms with Crippen molar-refractivity contribution in [1.29, 1.82) is 0 Å². The van der Waals surface area contributed by atoms with Gasteiger partial charge in [-0.25, -0.2) is 0 Å². The molecule has 5 aromatic rings. The molecule has 27 heavy (non-hydrogen) atoms. The van der Waals surface area contributed by atoms with Gasteiger partial charge >= 0.3 is 0 Å². The Morgan fingerprint density at radius 3 is 2.67 bits per heavy atom. The Morgan fingerprint density at radius 1 is 1.04 bits per heavy atom. The lowest BCUT2D eigenvalue weighted by Gasteiger charge is -2.09. The van der Waals surface area contributed by atoms with Gasteiger partial charge in [-0.3, -0.25) is 4.98 Å². The van der Waals surface area contributed by atoms with Gasteiger partial charge in [-0.2, -0.15) is 4.52 Å². The number of hydrogen-bond donors (Lipinski definition) is 0. The smallest absolute Gasteiger partial charge is 0.240 e. The van der Waals surface area contributed by atoms with E-state index in [2.05, 4.69) is 25.4 Å². The number of rotatable bonds is 4. The highest BCUT2D eigenvalue weighted by molar-refractivity contribution is 5.96. The minimum Gasteiger partial charge on any atom is -0.470 e. The topological polar surface area (TPSA) is 91.2 Å². The van der Waals surface area contributed by atoms with Gasteiger partial charge in [0.05, 0.1) is 5.69 Å². The van der Waals surface area contributed by atoms with Gasteiger partial charge in [0.25, 0.3) is 0 Å². The summed E-state index contributed by atoms with van der Waals surface area (Å²) in [6.45, 7) is 2.20. The number of benzene rings is 1. The molecular formula is C19H14N6O2. The molecule has 0 radical (unpaired) electrons. The summed E-state index contributed by atoms with van der Waals surface area (Å²) in [6, 6.07) is 13.5. The van der Waals surface area contributed by atoms with Crippen LogP contribution in [-0.2, 0) is 6.61 Å². The van der Waals surface area contributed by atoms with Crippen molar-refractivity contribution in [3.63, 3.8) is 0 Å². The average molecular weight is 358 g/mol. The van der Waals surface area contributed by atoms with E-state index in [1.54, 1.807) is 17.0 Å². The van der Waals surface area contributed by atoms with Gasteiger partial charge in [0.15, 0.2) is 11.3 Å². The van der Waals surface area contributed by atoms with Gasteiger partial charge in [-0.15, -0.1) is 15.3 Å². The van der Waals surface area contributed by atoms with Crippen molar-refractivity contribution in [2.24, 2.45) is 0 Å². The molecule has 4 heterocycles. The Hall–Kier alpha value is -3.81. The lowest BCUT2D eigenvalue weighted by Crippen LogP contribution is -2.04. The first-order chi connectivity index (χ1) is 13.3. The van der Waals surface area contributed by atoms with E-state index in [1.807, 2.05) is 49.4 Å². The molecule has 0 bridgehead atoms. The van der Waals surface area contributed by atoms with Crippen LogP contribution in [0.4, 0.5) is 0 Å².